The average Bonchev–Trinajstić information content (AvgIpc) is 2.01. The minimum absolute atomic E-state index is 0.256. The maximum atomic E-state index is 11.0. The van der Waals surface area contributed by atoms with Crippen molar-refractivity contribution in [2.75, 3.05) is 6.61 Å². The second-order valence-electron chi connectivity index (χ2n) is 3.30. The molecule has 0 bridgehead atoms. The van der Waals surface area contributed by atoms with Crippen molar-refractivity contribution in [2.24, 2.45) is 5.92 Å². The predicted octanol–water partition coefficient (Wildman–Crippen LogP) is 1.31. The van der Waals surface area contributed by atoms with E-state index in [0.717, 1.165) is 12.8 Å². The van der Waals surface area contributed by atoms with Crippen LogP contribution in [0.5, 0.6) is 0 Å². The summed E-state index contributed by atoms with van der Waals surface area (Å²) in [5, 5.41) is 0. The number of esters is 1. The molecule has 1 rings (SSSR count). The molecule has 1 aliphatic rings. The van der Waals surface area contributed by atoms with Crippen LogP contribution < -0.4 is 0 Å². The second-order valence-corrected chi connectivity index (χ2v) is 3.30. The van der Waals surface area contributed by atoms with Crippen LogP contribution in [0, 0.1) is 5.92 Å². The highest BCUT2D eigenvalue weighted by Crippen LogP contribution is 2.21. The van der Waals surface area contributed by atoms with Crippen molar-refractivity contribution < 1.29 is 14.3 Å². The average molecular weight is 170 g/mol. The van der Waals surface area contributed by atoms with Gasteiger partial charge in [-0.15, -0.1) is 0 Å². The van der Waals surface area contributed by atoms with E-state index < -0.39 is 0 Å². The molecule has 0 saturated heterocycles. The normalized spacial score (nSPS) is 23.8. The Morgan fingerprint density at radius 3 is 3.00 bits per heavy atom. The first-order valence-corrected chi connectivity index (χ1v) is 4.33. The Hall–Kier alpha value is -0.860. The Balaban J connectivity index is 2.23. The lowest BCUT2D eigenvalue weighted by Crippen LogP contribution is -2.20. The second kappa shape index (κ2) is 4.24. The van der Waals surface area contributed by atoms with Crippen molar-refractivity contribution >= 4 is 11.8 Å². The first-order valence-electron chi connectivity index (χ1n) is 4.33. The van der Waals surface area contributed by atoms with Gasteiger partial charge in [0.2, 0.25) is 0 Å². The van der Waals surface area contributed by atoms with Gasteiger partial charge < -0.3 is 4.74 Å². The molecule has 0 radical (unpaired) electrons. The molecule has 0 aromatic rings. The minimum Gasteiger partial charge on any atom is -0.466 e. The van der Waals surface area contributed by atoms with Gasteiger partial charge in [-0.05, 0) is 18.8 Å². The maximum Gasteiger partial charge on any atom is 0.302 e. The van der Waals surface area contributed by atoms with Crippen LogP contribution in [0.15, 0.2) is 0 Å². The van der Waals surface area contributed by atoms with Crippen LogP contribution in [-0.2, 0) is 14.3 Å². The van der Waals surface area contributed by atoms with Crippen LogP contribution in [-0.4, -0.2) is 18.4 Å². The lowest BCUT2D eigenvalue weighted by Gasteiger charge is -2.19. The minimum atomic E-state index is -0.256. The number of rotatable bonds is 2. The molecule has 12 heavy (non-hydrogen) atoms. The van der Waals surface area contributed by atoms with E-state index in [0.29, 0.717) is 25.2 Å². The van der Waals surface area contributed by atoms with Gasteiger partial charge in [-0.1, -0.05) is 0 Å². The highest BCUT2D eigenvalue weighted by molar-refractivity contribution is 5.79. The van der Waals surface area contributed by atoms with Crippen LogP contribution in [0.1, 0.15) is 32.6 Å². The summed E-state index contributed by atoms with van der Waals surface area (Å²) in [6.07, 6.45) is 3.26. The molecule has 0 aromatic carbocycles. The molecule has 0 aromatic heterocycles. The number of ketones is 1. The van der Waals surface area contributed by atoms with Gasteiger partial charge in [0.1, 0.15) is 5.78 Å². The molecule has 0 heterocycles. The maximum absolute atomic E-state index is 11.0. The van der Waals surface area contributed by atoms with Crippen molar-refractivity contribution in [3.8, 4) is 0 Å². The van der Waals surface area contributed by atoms with Crippen LogP contribution >= 0.6 is 0 Å². The molecule has 68 valence electrons. The van der Waals surface area contributed by atoms with E-state index in [9.17, 15) is 9.59 Å². The van der Waals surface area contributed by atoms with E-state index in [2.05, 4.69) is 0 Å². The predicted molar refractivity (Wildman–Crippen MR) is 43.6 cm³/mol. The highest BCUT2D eigenvalue weighted by atomic mass is 16.5. The molecule has 3 nitrogen and oxygen atoms in total. The molecule has 1 fully saturated rings. The van der Waals surface area contributed by atoms with Gasteiger partial charge in [-0.2, -0.15) is 0 Å². The molecule has 0 N–H and O–H groups in total. The third kappa shape index (κ3) is 3.03. The summed E-state index contributed by atoms with van der Waals surface area (Å²) in [4.78, 5) is 21.4. The standard InChI is InChI=1S/C9H14O3/c1-7(10)12-6-8-3-2-4-9(11)5-8/h8H,2-6H2,1H3. The van der Waals surface area contributed by atoms with Gasteiger partial charge in [0, 0.05) is 19.8 Å². The monoisotopic (exact) mass is 170 g/mol. The zero-order valence-electron chi connectivity index (χ0n) is 7.34. The number of carbonyl (C=O) groups is 2. The zero-order valence-corrected chi connectivity index (χ0v) is 7.34. The SMILES string of the molecule is CC(=O)OCC1CCCC(=O)C1. The largest absolute Gasteiger partial charge is 0.466 e. The van der Waals surface area contributed by atoms with E-state index in [1.54, 1.807) is 0 Å². The fourth-order valence-electron chi connectivity index (χ4n) is 1.49. The molecule has 0 aliphatic heterocycles. The van der Waals surface area contributed by atoms with E-state index in [1.807, 2.05) is 0 Å². The van der Waals surface area contributed by atoms with Crippen LogP contribution in [0.4, 0.5) is 0 Å². The molecule has 3 heteroatoms. The van der Waals surface area contributed by atoms with Crippen molar-refractivity contribution in [1.29, 1.82) is 0 Å². The van der Waals surface area contributed by atoms with Gasteiger partial charge in [-0.3, -0.25) is 9.59 Å². The number of Topliss-reactive ketones (excluding diaryl/α,β-unsaturated/α-hetero) is 1. The van der Waals surface area contributed by atoms with Crippen LogP contribution in [0.3, 0.4) is 0 Å². The fraction of sp³-hybridized carbons (Fsp3) is 0.778. The summed E-state index contributed by atoms with van der Waals surface area (Å²) >= 11 is 0. The summed E-state index contributed by atoms with van der Waals surface area (Å²) in [6.45, 7) is 1.81. The first kappa shape index (κ1) is 9.23. The van der Waals surface area contributed by atoms with Gasteiger partial charge in [0.05, 0.1) is 6.61 Å². The molecule has 1 unspecified atom stereocenters. The number of ether oxygens (including phenoxy) is 1. The Morgan fingerprint density at radius 1 is 1.67 bits per heavy atom. The summed E-state index contributed by atoms with van der Waals surface area (Å²) in [7, 11) is 0. The van der Waals surface area contributed by atoms with E-state index >= 15 is 0 Å². The van der Waals surface area contributed by atoms with Crippen LogP contribution in [0.25, 0.3) is 0 Å². The van der Waals surface area contributed by atoms with Crippen molar-refractivity contribution in [1.82, 2.24) is 0 Å². The van der Waals surface area contributed by atoms with Gasteiger partial charge in [-0.25, -0.2) is 0 Å². The first-order chi connectivity index (χ1) is 5.68. The quantitative estimate of drug-likeness (QED) is 0.587. The molecule has 1 atom stereocenters. The van der Waals surface area contributed by atoms with Gasteiger partial charge >= 0.3 is 5.97 Å². The number of hydrogen-bond acceptors (Lipinski definition) is 3. The number of carbonyl (C=O) groups excluding carboxylic acids is 2. The van der Waals surface area contributed by atoms with Gasteiger partial charge in [0.25, 0.3) is 0 Å². The van der Waals surface area contributed by atoms with Crippen molar-refractivity contribution in [2.45, 2.75) is 32.6 Å². The molecular weight excluding hydrogens is 156 g/mol. The Bertz CT molecular complexity index is 186. The topological polar surface area (TPSA) is 43.4 Å². The summed E-state index contributed by atoms with van der Waals surface area (Å²) < 4.78 is 4.84. The Morgan fingerprint density at radius 2 is 2.42 bits per heavy atom. The van der Waals surface area contributed by atoms with E-state index in [-0.39, 0.29) is 11.9 Å². The molecule has 0 amide bonds. The third-order valence-electron chi connectivity index (χ3n) is 2.11. The Kier molecular flexibility index (Phi) is 3.26. The molecule has 0 spiro atoms. The molecule has 1 aliphatic carbocycles. The summed E-state index contributed by atoms with van der Waals surface area (Å²) in [6, 6.07) is 0. The lowest BCUT2D eigenvalue weighted by molar-refractivity contribution is -0.143. The molecule has 1 saturated carbocycles. The van der Waals surface area contributed by atoms with E-state index in [1.165, 1.54) is 6.92 Å². The Labute approximate surface area is 72.1 Å². The van der Waals surface area contributed by atoms with Crippen molar-refractivity contribution in [3.05, 3.63) is 0 Å². The lowest BCUT2D eigenvalue weighted by atomic mass is 9.89. The summed E-state index contributed by atoms with van der Waals surface area (Å²) in [5.41, 5.74) is 0. The smallest absolute Gasteiger partial charge is 0.302 e. The van der Waals surface area contributed by atoms with E-state index in [4.69, 9.17) is 4.74 Å². The van der Waals surface area contributed by atoms with Crippen molar-refractivity contribution in [3.63, 3.8) is 0 Å². The van der Waals surface area contributed by atoms with Gasteiger partial charge in [0.15, 0.2) is 0 Å². The molecular formula is C9H14O3. The number of hydrogen-bond donors (Lipinski definition) is 0. The van der Waals surface area contributed by atoms with Crippen LogP contribution in [0.2, 0.25) is 0 Å². The fourth-order valence-corrected chi connectivity index (χ4v) is 1.49. The summed E-state index contributed by atoms with van der Waals surface area (Å²) in [5.74, 6) is 0.321. The third-order valence-corrected chi connectivity index (χ3v) is 2.11. The zero-order chi connectivity index (χ0) is 8.97. The highest BCUT2D eigenvalue weighted by Gasteiger charge is 2.19.